The molecule has 16 rings (SSSR count). The van der Waals surface area contributed by atoms with E-state index in [4.69, 9.17) is 81.4 Å². The second-order valence-corrected chi connectivity index (χ2v) is 45.1. The molecule has 782 valence electrons. The maximum Gasteiger partial charge on any atom is 0.489 e. The Morgan fingerprint density at radius 3 is 0.973 bits per heavy atom. The number of likely N-dealkylation sites (tertiary alicyclic amines) is 1. The number of amides is 1. The molecule has 0 saturated carbocycles. The summed E-state index contributed by atoms with van der Waals surface area (Å²) in [6.07, 6.45) is 20.9. The van der Waals surface area contributed by atoms with E-state index in [9.17, 15) is 24.3 Å². The number of nitrogens with one attached hydrogen (secondary N) is 1. The smallest absolute Gasteiger partial charge is 0.478 e. The van der Waals surface area contributed by atoms with Crippen LogP contribution in [-0.2, 0) is 36.5 Å². The van der Waals surface area contributed by atoms with Crippen LogP contribution in [0.2, 0.25) is 20.1 Å². The lowest BCUT2D eigenvalue weighted by molar-refractivity contribution is 0.0543. The molecule has 10 aromatic heterocycles. The second kappa shape index (κ2) is 54.6. The van der Waals surface area contributed by atoms with Crippen LogP contribution in [0, 0.1) is 34.6 Å². The van der Waals surface area contributed by atoms with E-state index in [1.807, 2.05) is 160 Å². The van der Waals surface area contributed by atoms with E-state index in [-0.39, 0.29) is 66.8 Å². The number of carboxylic acids is 1. The zero-order chi connectivity index (χ0) is 110. The number of pyridine rings is 10. The number of carbonyl (C=O) groups excluding carboxylic acids is 3. The number of halogens is 7. The molecule has 8 N–H and O–H groups in total. The van der Waals surface area contributed by atoms with Gasteiger partial charge in [0.25, 0.3) is 5.91 Å². The van der Waals surface area contributed by atoms with Gasteiger partial charge in [0, 0.05) is 248 Å². The normalized spacial score (nSPS) is 12.6. The van der Waals surface area contributed by atoms with Crippen LogP contribution in [-0.4, -0.2) is 181 Å². The van der Waals surface area contributed by atoms with Crippen LogP contribution in [0.15, 0.2) is 239 Å². The van der Waals surface area contributed by atoms with Crippen molar-refractivity contribution in [1.29, 1.82) is 0 Å². The number of aryl methyl sites for hydroxylation is 5. The van der Waals surface area contributed by atoms with Gasteiger partial charge in [0.1, 0.15) is 0 Å². The summed E-state index contributed by atoms with van der Waals surface area (Å²) in [4.78, 5) is 92.9. The highest BCUT2D eigenvalue weighted by Crippen LogP contribution is 2.40. The van der Waals surface area contributed by atoms with Crippen LogP contribution >= 0.6 is 94.2 Å². The molecule has 2 saturated heterocycles. The summed E-state index contributed by atoms with van der Waals surface area (Å²) in [6.45, 7) is 44.7. The fourth-order valence-electron chi connectivity index (χ4n) is 14.9. The number of piperidine rings is 2. The number of carbonyl (C=O) groups is 4. The predicted molar refractivity (Wildman–Crippen MR) is 610 cm³/mol. The standard InChI is InChI=1S/C27H30ClN3O2.C23H23ClN2O2.C22H21ClN2O2.C15H17BrN2.C9H14BNO2.C8H8BClO4.C6H5Br2N.C5H11NO/c1-17-23(13-20(16-30-17)18-7-10-29-25(15-18)27(2,3)4)22-6-5-19(14-24(22)28)26(33)31-11-8-21(32)9-12-31;1-14-19(18-7-6-16(11-20(18)24)22(27)28-5)10-17(13-26-14)15-8-9-25-21(12-15)23(2,3)4;1-13-18(17-6-5-15(21(26)27)10-19(17)23)9-16(12-25-13)14-7-8-24-20(11-14)22(2,3)4;1-10-13(16)7-12(9-18-10)11-5-6-17-14(8-11)15(2,3)4;1-9(2,3)8-6-7(10(12)13)4-5-11-8;1-14-8(11)5-2-3-6(9(12)13)7(10)4-5;1-4-6(8)2-5(7)3-9-4;7-5-1-3-6-4-2-5/h5-7,10,13-16,21,32H,8-9,11-12H2,1-4H3;6-13H,1-5H3;5-12H,1-4H3,(H,26,27);5-9H,1-4H3;4-6,12-13H,1-3H3;2-4,12-13H,1H3;2-3H,1H3;5-7H,1-4H2. The van der Waals surface area contributed by atoms with Crippen molar-refractivity contribution in [3.8, 4) is 77.9 Å². The average molecular weight is 2290 g/mol. The van der Waals surface area contributed by atoms with Crippen LogP contribution in [0.1, 0.15) is 228 Å². The minimum absolute atomic E-state index is 0.0266. The molecular weight excluding hydrogens is 2160 g/mol. The average Bonchev–Trinajstić information content (AvgIpc) is 0.784. The summed E-state index contributed by atoms with van der Waals surface area (Å²) in [5.41, 5.74) is 25.0. The summed E-state index contributed by atoms with van der Waals surface area (Å²) in [6, 6.07) is 49.4. The molecule has 0 bridgehead atoms. The molecule has 2 fully saturated rings. The first-order valence-electron chi connectivity index (χ1n) is 48.3. The summed E-state index contributed by atoms with van der Waals surface area (Å²) in [7, 11) is -0.453. The quantitative estimate of drug-likeness (QED) is 0.0392. The van der Waals surface area contributed by atoms with E-state index in [1.54, 1.807) is 59.8 Å². The lowest BCUT2D eigenvalue weighted by Crippen LogP contribution is -2.40. The Balaban J connectivity index is 0.000000197. The zero-order valence-corrected chi connectivity index (χ0v) is 95.8. The molecule has 4 aromatic carbocycles. The minimum atomic E-state index is -1.64. The van der Waals surface area contributed by atoms with Gasteiger partial charge in [-0.15, -0.1) is 0 Å². The summed E-state index contributed by atoms with van der Waals surface area (Å²) in [5, 5.41) is 67.9. The van der Waals surface area contributed by atoms with Gasteiger partial charge in [0.05, 0.1) is 54.5 Å². The first-order valence-corrected chi connectivity index (χ1v) is 52.1. The maximum absolute atomic E-state index is 12.9. The number of carboxylic acid groups (broad SMARTS) is 1. The Bertz CT molecular complexity index is 7010. The third-order valence-electron chi connectivity index (χ3n) is 24.0. The summed E-state index contributed by atoms with van der Waals surface area (Å²) in [5.74, 6) is -1.99. The molecule has 0 unspecified atom stereocenters. The molecule has 2 aliphatic rings. The SMILES string of the molecule is CC(C)(C)c1cc(B(O)O)ccn1.COC(=O)c1ccc(-c2cc(-c3ccnc(C(C)(C)C)c3)cnc2C)c(Cl)c1.COC(=O)c1ccc(B(O)O)c(Cl)c1.Cc1ncc(-c2ccnc(C(C)(C)C)c2)cc1-c1ccc(C(=O)N2CCC(O)CC2)cc1Cl.Cc1ncc(-c2ccnc(C(C)(C)C)c2)cc1-c1ccc(C(=O)O)cc1Cl.Cc1ncc(-c2ccnc(C(C)(C)C)c2)cc1Br.Cc1ncc(Br)cc1Br.OC1CCNCC1. The Morgan fingerprint density at radius 1 is 0.349 bits per heavy atom. The number of benzene rings is 4. The van der Waals surface area contributed by atoms with Gasteiger partial charge in [-0.25, -0.2) is 14.4 Å². The monoisotopic (exact) mass is 2280 g/mol. The fraction of sp³-hybridized carbons (Fsp3) is 0.322. The lowest BCUT2D eigenvalue weighted by atomic mass is 9.78. The van der Waals surface area contributed by atoms with Gasteiger partial charge in [-0.3, -0.25) is 54.6 Å². The minimum Gasteiger partial charge on any atom is -0.478 e. The fourth-order valence-corrected chi connectivity index (χ4v) is 17.3. The Kier molecular flexibility index (Phi) is 44.4. The van der Waals surface area contributed by atoms with E-state index < -0.39 is 32.1 Å². The zero-order valence-electron chi connectivity index (χ0n) is 88.0. The maximum atomic E-state index is 12.9. The van der Waals surface area contributed by atoms with Gasteiger partial charge in [-0.1, -0.05) is 175 Å². The number of aliphatic hydroxyl groups is 2. The van der Waals surface area contributed by atoms with Crippen LogP contribution in [0.5, 0.6) is 0 Å². The van der Waals surface area contributed by atoms with E-state index in [2.05, 4.69) is 233 Å². The number of nitrogens with zero attached hydrogens (tertiary/aromatic N) is 11. The molecule has 149 heavy (non-hydrogen) atoms. The molecule has 34 heteroatoms. The van der Waals surface area contributed by atoms with Gasteiger partial charge in [-0.05, 0) is 288 Å². The molecular formula is C115H129B2Br3Cl4N12O13. The van der Waals surface area contributed by atoms with Crippen molar-refractivity contribution in [1.82, 2.24) is 60.1 Å². The topological polar surface area (TPSA) is 373 Å². The number of aromatic nitrogens is 10. The molecule has 0 atom stereocenters. The van der Waals surface area contributed by atoms with Crippen LogP contribution in [0.25, 0.3) is 77.9 Å². The van der Waals surface area contributed by atoms with Gasteiger partial charge in [0.15, 0.2) is 0 Å². The number of rotatable bonds is 13. The van der Waals surface area contributed by atoms with Crippen LogP contribution in [0.4, 0.5) is 0 Å². The number of aromatic carboxylic acids is 1. The van der Waals surface area contributed by atoms with Crippen molar-refractivity contribution in [3.63, 3.8) is 0 Å². The Morgan fingerprint density at radius 2 is 0.658 bits per heavy atom. The van der Waals surface area contributed by atoms with Crippen LogP contribution in [0.3, 0.4) is 0 Å². The number of methoxy groups -OCH3 is 2. The number of hydrogen-bond acceptors (Lipinski definition) is 23. The highest BCUT2D eigenvalue weighted by Gasteiger charge is 2.28. The van der Waals surface area contributed by atoms with Crippen molar-refractivity contribution < 1.29 is 64.1 Å². The van der Waals surface area contributed by atoms with Crippen molar-refractivity contribution in [2.75, 3.05) is 40.4 Å². The highest BCUT2D eigenvalue weighted by molar-refractivity contribution is 9.11. The molecule has 14 aromatic rings. The third kappa shape index (κ3) is 35.7. The highest BCUT2D eigenvalue weighted by atomic mass is 79.9. The number of ether oxygens (including phenoxy) is 2. The van der Waals surface area contributed by atoms with E-state index in [1.165, 1.54) is 38.5 Å². The Hall–Kier alpha value is -11.3. The molecule has 0 radical (unpaired) electrons. The van der Waals surface area contributed by atoms with Crippen molar-refractivity contribution in [2.24, 2.45) is 0 Å². The van der Waals surface area contributed by atoms with Crippen molar-refractivity contribution in [2.45, 2.75) is 203 Å². The van der Waals surface area contributed by atoms with Crippen LogP contribution < -0.4 is 16.2 Å². The predicted octanol–water partition coefficient (Wildman–Crippen LogP) is 24.3. The number of esters is 2. The van der Waals surface area contributed by atoms with E-state index >= 15 is 0 Å². The molecule has 25 nitrogen and oxygen atoms in total. The lowest BCUT2D eigenvalue weighted by Gasteiger charge is -2.29. The second-order valence-electron chi connectivity index (χ2n) is 40.9. The Labute approximate surface area is 920 Å². The van der Waals surface area contributed by atoms with Gasteiger partial charge >= 0.3 is 32.1 Å². The summed E-state index contributed by atoms with van der Waals surface area (Å²) >= 11 is 35.4. The number of aliphatic hydroxyl groups excluding tert-OH is 2. The molecule has 0 aliphatic carbocycles. The third-order valence-corrected chi connectivity index (χ3v) is 27.3. The molecule has 2 aliphatic heterocycles. The van der Waals surface area contributed by atoms with E-state index in [0.29, 0.717) is 57.6 Å². The molecule has 12 heterocycles. The largest absolute Gasteiger partial charge is 0.489 e. The number of hydrogen-bond donors (Lipinski definition) is 8. The first-order chi connectivity index (χ1) is 69.9. The van der Waals surface area contributed by atoms with Gasteiger partial charge in [0.2, 0.25) is 0 Å². The van der Waals surface area contributed by atoms with Crippen molar-refractivity contribution in [3.05, 3.63) is 338 Å². The van der Waals surface area contributed by atoms with Gasteiger partial charge in [-0.2, -0.15) is 0 Å². The molecule has 0 spiro atoms. The molecule has 1 amide bonds. The van der Waals surface area contributed by atoms with Crippen molar-refractivity contribution >= 4 is 143 Å². The van der Waals surface area contributed by atoms with E-state index in [0.717, 1.165) is 174 Å². The van der Waals surface area contributed by atoms with Gasteiger partial charge < -0.3 is 55.1 Å². The first kappa shape index (κ1) is 121. The summed E-state index contributed by atoms with van der Waals surface area (Å²) < 4.78 is 12.3.